The largest absolute Gasteiger partial charge is 0.379 e. The van der Waals surface area contributed by atoms with Crippen molar-refractivity contribution in [2.75, 3.05) is 39.4 Å². The van der Waals surface area contributed by atoms with Crippen molar-refractivity contribution in [2.24, 2.45) is 5.92 Å². The zero-order chi connectivity index (χ0) is 22.6. The van der Waals surface area contributed by atoms with Gasteiger partial charge in [-0.15, -0.1) is 0 Å². The lowest BCUT2D eigenvalue weighted by atomic mass is 9.90. The van der Waals surface area contributed by atoms with Crippen molar-refractivity contribution in [2.45, 2.75) is 37.5 Å². The third-order valence-corrected chi connectivity index (χ3v) is 8.53. The highest BCUT2D eigenvalue weighted by molar-refractivity contribution is 7.89. The number of likely N-dealkylation sites (tertiary alicyclic amines) is 1. The molecule has 0 aliphatic carbocycles. The first-order chi connectivity index (χ1) is 15.4. The summed E-state index contributed by atoms with van der Waals surface area (Å²) in [6.07, 6.45) is 4.08. The Morgan fingerprint density at radius 2 is 1.62 bits per heavy atom. The highest BCUT2D eigenvalue weighted by atomic mass is 32.2. The lowest BCUT2D eigenvalue weighted by Crippen LogP contribution is -2.42. The van der Waals surface area contributed by atoms with Crippen LogP contribution in [0.1, 0.15) is 40.7 Å². The summed E-state index contributed by atoms with van der Waals surface area (Å²) in [7, 11) is -3.72. The van der Waals surface area contributed by atoms with Crippen LogP contribution in [0, 0.1) is 12.8 Å². The van der Waals surface area contributed by atoms with Crippen molar-refractivity contribution in [3.63, 3.8) is 0 Å². The van der Waals surface area contributed by atoms with Gasteiger partial charge in [-0.1, -0.05) is 42.0 Å². The van der Waals surface area contributed by atoms with Gasteiger partial charge < -0.3 is 9.64 Å². The summed E-state index contributed by atoms with van der Waals surface area (Å²) in [6.45, 7) is 4.83. The zero-order valence-corrected chi connectivity index (χ0v) is 19.5. The van der Waals surface area contributed by atoms with E-state index in [4.69, 9.17) is 4.74 Å². The van der Waals surface area contributed by atoms with E-state index in [1.807, 2.05) is 4.90 Å². The van der Waals surface area contributed by atoms with Gasteiger partial charge in [0.05, 0.1) is 23.7 Å². The molecule has 0 radical (unpaired) electrons. The van der Waals surface area contributed by atoms with Gasteiger partial charge in [0.2, 0.25) is 10.0 Å². The first kappa shape index (κ1) is 23.0. The topological polar surface area (TPSA) is 66.9 Å². The van der Waals surface area contributed by atoms with Crippen molar-refractivity contribution in [3.05, 3.63) is 65.2 Å². The van der Waals surface area contributed by atoms with Crippen molar-refractivity contribution >= 4 is 15.9 Å². The van der Waals surface area contributed by atoms with E-state index < -0.39 is 10.0 Å². The molecule has 4 rings (SSSR count). The van der Waals surface area contributed by atoms with Crippen molar-refractivity contribution in [1.82, 2.24) is 9.21 Å². The number of sulfonamides is 1. The van der Waals surface area contributed by atoms with Gasteiger partial charge in [0.1, 0.15) is 0 Å². The minimum absolute atomic E-state index is 0.105. The molecular weight excluding hydrogens is 424 g/mol. The van der Waals surface area contributed by atoms with Crippen LogP contribution in [0.25, 0.3) is 0 Å². The van der Waals surface area contributed by atoms with E-state index >= 15 is 0 Å². The SMILES string of the molecule is Cc1ccc(CCC2CCN(C(=O)c3ccccc3S(=O)(=O)N3CCOCC3)CC2)cc1. The Bertz CT molecular complexity index is 1020. The fourth-order valence-corrected chi connectivity index (χ4v) is 6.11. The molecule has 2 aromatic rings. The first-order valence-electron chi connectivity index (χ1n) is 11.5. The molecule has 0 spiro atoms. The molecule has 0 aromatic heterocycles. The third-order valence-electron chi connectivity index (χ3n) is 6.57. The molecular formula is C25H32N2O4S. The normalized spacial score (nSPS) is 18.6. The van der Waals surface area contributed by atoms with Crippen molar-refractivity contribution < 1.29 is 17.9 Å². The predicted octanol–water partition coefficient (Wildman–Crippen LogP) is 3.50. The highest BCUT2D eigenvalue weighted by Gasteiger charge is 2.32. The van der Waals surface area contributed by atoms with E-state index in [9.17, 15) is 13.2 Å². The van der Waals surface area contributed by atoms with Crippen LogP contribution in [0.4, 0.5) is 0 Å². The first-order valence-corrected chi connectivity index (χ1v) is 12.9. The average Bonchev–Trinajstić information content (AvgIpc) is 2.84. The molecule has 2 aliphatic heterocycles. The number of benzene rings is 2. The van der Waals surface area contributed by atoms with Gasteiger partial charge in [-0.3, -0.25) is 4.79 Å². The summed E-state index contributed by atoms with van der Waals surface area (Å²) < 4.78 is 33.1. The highest BCUT2D eigenvalue weighted by Crippen LogP contribution is 2.27. The molecule has 172 valence electrons. The predicted molar refractivity (Wildman–Crippen MR) is 124 cm³/mol. The summed E-state index contributed by atoms with van der Waals surface area (Å²) in [4.78, 5) is 15.2. The summed E-state index contributed by atoms with van der Waals surface area (Å²) in [5.74, 6) is 0.405. The third kappa shape index (κ3) is 5.22. The lowest BCUT2D eigenvalue weighted by molar-refractivity contribution is 0.0680. The number of hydrogen-bond donors (Lipinski definition) is 0. The maximum absolute atomic E-state index is 13.3. The van der Waals surface area contributed by atoms with E-state index in [0.29, 0.717) is 45.3 Å². The molecule has 0 unspecified atom stereocenters. The fourth-order valence-electron chi connectivity index (χ4n) is 4.51. The molecule has 1 amide bonds. The Morgan fingerprint density at radius 3 is 2.31 bits per heavy atom. The van der Waals surface area contributed by atoms with Gasteiger partial charge in [0.15, 0.2) is 0 Å². The number of nitrogens with zero attached hydrogens (tertiary/aromatic N) is 2. The number of piperidine rings is 1. The summed E-state index contributed by atoms with van der Waals surface area (Å²) in [5, 5.41) is 0. The smallest absolute Gasteiger partial charge is 0.255 e. The molecule has 2 heterocycles. The minimum atomic E-state index is -3.72. The molecule has 7 heteroatoms. The van der Waals surface area contributed by atoms with Gasteiger partial charge in [-0.2, -0.15) is 4.31 Å². The van der Waals surface area contributed by atoms with Gasteiger partial charge >= 0.3 is 0 Å². The quantitative estimate of drug-likeness (QED) is 0.667. The minimum Gasteiger partial charge on any atom is -0.379 e. The van der Waals surface area contributed by atoms with Crippen LogP contribution >= 0.6 is 0 Å². The number of ether oxygens (including phenoxy) is 1. The van der Waals surface area contributed by atoms with Crippen LogP contribution in [0.5, 0.6) is 0 Å². The molecule has 2 saturated heterocycles. The Hall–Kier alpha value is -2.22. The summed E-state index contributed by atoms with van der Waals surface area (Å²) in [6, 6.07) is 15.3. The zero-order valence-electron chi connectivity index (χ0n) is 18.7. The van der Waals surface area contributed by atoms with Crippen molar-refractivity contribution in [3.8, 4) is 0 Å². The van der Waals surface area contributed by atoms with Crippen LogP contribution in [0.15, 0.2) is 53.4 Å². The molecule has 0 atom stereocenters. The number of aryl methyl sites for hydroxylation is 2. The van der Waals surface area contributed by atoms with Crippen LogP contribution in [-0.2, 0) is 21.2 Å². The number of carbonyl (C=O) groups is 1. The molecule has 6 nitrogen and oxygen atoms in total. The Labute approximate surface area is 191 Å². The van der Waals surface area contributed by atoms with E-state index in [2.05, 4.69) is 31.2 Å². The van der Waals surface area contributed by atoms with E-state index in [1.165, 1.54) is 15.4 Å². The maximum atomic E-state index is 13.3. The van der Waals surface area contributed by atoms with E-state index in [-0.39, 0.29) is 16.4 Å². The molecule has 0 saturated carbocycles. The van der Waals surface area contributed by atoms with Crippen LogP contribution in [0.2, 0.25) is 0 Å². The number of hydrogen-bond acceptors (Lipinski definition) is 4. The van der Waals surface area contributed by atoms with E-state index in [0.717, 1.165) is 25.7 Å². The molecule has 0 bridgehead atoms. The number of morpholine rings is 1. The molecule has 2 fully saturated rings. The second-order valence-electron chi connectivity index (χ2n) is 8.77. The van der Waals surface area contributed by atoms with E-state index in [1.54, 1.807) is 24.3 Å². The second kappa shape index (κ2) is 10.1. The number of rotatable bonds is 6. The Kier molecular flexibility index (Phi) is 7.28. The van der Waals surface area contributed by atoms with Crippen LogP contribution in [0.3, 0.4) is 0 Å². The average molecular weight is 457 g/mol. The standard InChI is InChI=1S/C25H32N2O4S/c1-20-6-8-21(9-7-20)10-11-22-12-14-26(15-13-22)25(28)23-4-2-3-5-24(23)32(29,30)27-16-18-31-19-17-27/h2-9,22H,10-19H2,1H3. The number of amides is 1. The lowest BCUT2D eigenvalue weighted by Gasteiger charge is -2.33. The monoisotopic (exact) mass is 456 g/mol. The Morgan fingerprint density at radius 1 is 0.969 bits per heavy atom. The van der Waals surface area contributed by atoms with Crippen LogP contribution in [-0.4, -0.2) is 62.9 Å². The summed E-state index contributed by atoms with van der Waals surface area (Å²) in [5.41, 5.74) is 2.91. The second-order valence-corrected chi connectivity index (χ2v) is 10.7. The van der Waals surface area contributed by atoms with Crippen molar-refractivity contribution in [1.29, 1.82) is 0 Å². The molecule has 2 aromatic carbocycles. The number of carbonyl (C=O) groups excluding carboxylic acids is 1. The summed E-state index contributed by atoms with van der Waals surface area (Å²) >= 11 is 0. The van der Waals surface area contributed by atoms with Gasteiger partial charge in [-0.25, -0.2) is 8.42 Å². The molecule has 0 N–H and O–H groups in total. The van der Waals surface area contributed by atoms with Gasteiger partial charge in [0, 0.05) is 26.2 Å². The maximum Gasteiger partial charge on any atom is 0.255 e. The molecule has 32 heavy (non-hydrogen) atoms. The molecule has 2 aliphatic rings. The van der Waals surface area contributed by atoms with Gasteiger partial charge in [-0.05, 0) is 56.2 Å². The Balaban J connectivity index is 1.39. The van der Waals surface area contributed by atoms with Gasteiger partial charge in [0.25, 0.3) is 5.91 Å². The van der Waals surface area contributed by atoms with Crippen LogP contribution < -0.4 is 0 Å². The fraction of sp³-hybridized carbons (Fsp3) is 0.480.